The Kier molecular flexibility index (Phi) is 10.3. The zero-order valence-electron chi connectivity index (χ0n) is 28.5. The van der Waals surface area contributed by atoms with Crippen LogP contribution < -0.4 is 19.9 Å². The van der Waals surface area contributed by atoms with E-state index in [1.165, 1.54) is 0 Å². The minimum Gasteiger partial charge on any atom is -0.476 e. The Hall–Kier alpha value is -2.49. The third-order valence-electron chi connectivity index (χ3n) is 10.4. The number of piperidine rings is 1. The minimum absolute atomic E-state index is 0.0430. The number of ketones is 1. The van der Waals surface area contributed by atoms with Gasteiger partial charge in [-0.1, -0.05) is 20.8 Å². The summed E-state index contributed by atoms with van der Waals surface area (Å²) in [5.74, 6) is 1.18. The Morgan fingerprint density at radius 2 is 1.87 bits per heavy atom. The molecule has 2 heterocycles. The second-order valence-corrected chi connectivity index (χ2v) is 15.2. The number of methoxy groups -OCH3 is 1. The molecule has 5 rings (SSSR count). The second-order valence-electron chi connectivity index (χ2n) is 15.2. The molecule has 1 N–H and O–H groups in total. The van der Waals surface area contributed by atoms with E-state index in [1.54, 1.807) is 25.9 Å². The van der Waals surface area contributed by atoms with E-state index in [2.05, 4.69) is 26.1 Å². The lowest BCUT2D eigenvalue weighted by molar-refractivity contribution is -0.138. The molecular formula is C36H55N3O6. The van der Waals surface area contributed by atoms with E-state index in [-0.39, 0.29) is 41.0 Å². The maximum atomic E-state index is 14.3. The number of nitrogens with zero attached hydrogens (tertiary/aromatic N) is 2. The fourth-order valence-corrected chi connectivity index (χ4v) is 7.61. The third kappa shape index (κ3) is 7.25. The van der Waals surface area contributed by atoms with Gasteiger partial charge in [-0.25, -0.2) is 0 Å². The summed E-state index contributed by atoms with van der Waals surface area (Å²) in [6.07, 6.45) is 5.16. The number of rotatable bonds is 13. The number of nitrogens with one attached hydrogen (secondary N) is 1. The van der Waals surface area contributed by atoms with E-state index in [0.29, 0.717) is 81.4 Å². The van der Waals surface area contributed by atoms with Gasteiger partial charge in [-0.3, -0.25) is 14.4 Å². The van der Waals surface area contributed by atoms with Crippen molar-refractivity contribution < 1.29 is 28.6 Å². The second kappa shape index (κ2) is 13.7. The Morgan fingerprint density at radius 3 is 2.49 bits per heavy atom. The highest BCUT2D eigenvalue weighted by molar-refractivity contribution is 6.04. The van der Waals surface area contributed by atoms with Crippen LogP contribution >= 0.6 is 0 Å². The topological polar surface area (TPSA) is 97.4 Å². The Morgan fingerprint density at radius 1 is 1.13 bits per heavy atom. The predicted octanol–water partition coefficient (Wildman–Crippen LogP) is 5.24. The summed E-state index contributed by atoms with van der Waals surface area (Å²) in [6, 6.07) is 5.90. The van der Waals surface area contributed by atoms with Crippen molar-refractivity contribution in [1.29, 1.82) is 0 Å². The molecule has 1 aromatic rings. The SMILES string of the molecule is CCOCC(C1CC[C@@H]1C(=O)[C@@H]1CNC[C@H](C(=O)N(c2ccc3c(c2)N(CCCOC)C(=O)C(C)(C)O3)C2CC2)C1)C(C)(C)C. The molecule has 3 fully saturated rings. The van der Waals surface area contributed by atoms with Crippen LogP contribution in [0.1, 0.15) is 80.1 Å². The van der Waals surface area contributed by atoms with Crippen molar-refractivity contribution in [3.05, 3.63) is 18.2 Å². The third-order valence-corrected chi connectivity index (χ3v) is 10.4. The number of anilines is 2. The maximum Gasteiger partial charge on any atom is 0.270 e. The van der Waals surface area contributed by atoms with Gasteiger partial charge in [0.05, 0.1) is 18.2 Å². The fraction of sp³-hybridized carbons (Fsp3) is 0.750. The average Bonchev–Trinajstić information content (AvgIpc) is 3.81. The number of hydrogen-bond acceptors (Lipinski definition) is 7. The molecule has 0 spiro atoms. The monoisotopic (exact) mass is 625 g/mol. The summed E-state index contributed by atoms with van der Waals surface area (Å²) in [7, 11) is 1.66. The first kappa shape index (κ1) is 33.9. The fourth-order valence-electron chi connectivity index (χ4n) is 7.61. The van der Waals surface area contributed by atoms with E-state index in [1.807, 2.05) is 30.0 Å². The van der Waals surface area contributed by atoms with Gasteiger partial charge in [0.2, 0.25) is 5.91 Å². The summed E-state index contributed by atoms with van der Waals surface area (Å²) in [4.78, 5) is 45.4. The molecule has 4 aliphatic rings. The lowest BCUT2D eigenvalue weighted by Gasteiger charge is -2.47. The molecule has 0 radical (unpaired) electrons. The van der Waals surface area contributed by atoms with Crippen molar-refractivity contribution in [3.63, 3.8) is 0 Å². The number of fused-ring (bicyclic) bond motifs is 1. The summed E-state index contributed by atoms with van der Waals surface area (Å²) in [6.45, 7) is 16.0. The highest BCUT2D eigenvalue weighted by atomic mass is 16.5. The highest BCUT2D eigenvalue weighted by Crippen LogP contribution is 2.49. The van der Waals surface area contributed by atoms with Crippen molar-refractivity contribution >= 4 is 29.0 Å². The Bertz CT molecular complexity index is 1240. The predicted molar refractivity (Wildman–Crippen MR) is 176 cm³/mol. The van der Waals surface area contributed by atoms with Crippen molar-refractivity contribution in [1.82, 2.24) is 5.32 Å². The molecule has 2 aliphatic carbocycles. The standard InChI is InChI=1S/C36H55N3O6/c1-8-44-22-29(35(2,3)4)27-13-14-28(27)32(40)23-18-24(21-37-20-23)33(41)39(25-10-11-25)26-12-15-31-30(19-26)38(16-9-17-43-7)34(42)36(5,6)45-31/h12,15,19,23-25,27-29,37H,8-11,13-14,16-18,20-22H2,1-7H3/t23-,24+,27?,28-,29?/m0/s1. The van der Waals surface area contributed by atoms with E-state index in [0.717, 1.165) is 31.4 Å². The van der Waals surface area contributed by atoms with Crippen molar-refractivity contribution in [2.24, 2.45) is 35.0 Å². The van der Waals surface area contributed by atoms with E-state index in [9.17, 15) is 14.4 Å². The number of benzene rings is 1. The summed E-state index contributed by atoms with van der Waals surface area (Å²) in [5.41, 5.74) is 0.563. The number of Topliss-reactive ketones (excluding diaryl/α,β-unsaturated/α-hetero) is 1. The molecular weight excluding hydrogens is 570 g/mol. The van der Waals surface area contributed by atoms with Crippen LogP contribution in [0.5, 0.6) is 5.75 Å². The first-order valence-corrected chi connectivity index (χ1v) is 17.2. The molecule has 0 bridgehead atoms. The normalized spacial score (nSPS) is 26.8. The van der Waals surface area contributed by atoms with Crippen LogP contribution in [0.2, 0.25) is 0 Å². The van der Waals surface area contributed by atoms with Crippen LogP contribution in [0.3, 0.4) is 0 Å². The number of hydrogen-bond donors (Lipinski definition) is 1. The molecule has 1 aromatic carbocycles. The van der Waals surface area contributed by atoms with Crippen LogP contribution in [0, 0.1) is 35.0 Å². The van der Waals surface area contributed by atoms with Gasteiger partial charge >= 0.3 is 0 Å². The number of amides is 2. The van der Waals surface area contributed by atoms with Gasteiger partial charge in [-0.2, -0.15) is 0 Å². The summed E-state index contributed by atoms with van der Waals surface area (Å²) in [5, 5.41) is 3.45. The number of carbonyl (C=O) groups is 3. The molecule has 2 unspecified atom stereocenters. The maximum absolute atomic E-state index is 14.3. The van der Waals surface area contributed by atoms with Gasteiger partial charge in [0, 0.05) is 63.5 Å². The molecule has 5 atom stereocenters. The Balaban J connectivity index is 1.32. The summed E-state index contributed by atoms with van der Waals surface area (Å²) < 4.78 is 17.2. The first-order valence-electron chi connectivity index (χ1n) is 17.2. The lowest BCUT2D eigenvalue weighted by atomic mass is 9.58. The van der Waals surface area contributed by atoms with Gasteiger partial charge in [-0.15, -0.1) is 0 Å². The molecule has 0 aromatic heterocycles. The molecule has 2 aliphatic heterocycles. The molecule has 1 saturated heterocycles. The van der Waals surface area contributed by atoms with Crippen molar-refractivity contribution in [2.75, 3.05) is 56.4 Å². The highest BCUT2D eigenvalue weighted by Gasteiger charge is 2.48. The summed E-state index contributed by atoms with van der Waals surface area (Å²) >= 11 is 0. The Labute approximate surface area is 269 Å². The molecule has 250 valence electrons. The number of carbonyl (C=O) groups excluding carboxylic acids is 3. The van der Waals surface area contributed by atoms with Crippen LogP contribution in [-0.2, 0) is 23.9 Å². The molecule has 2 saturated carbocycles. The van der Waals surface area contributed by atoms with E-state index >= 15 is 0 Å². The zero-order valence-corrected chi connectivity index (χ0v) is 28.5. The molecule has 9 heteroatoms. The van der Waals surface area contributed by atoms with Crippen LogP contribution in [0.25, 0.3) is 0 Å². The average molecular weight is 626 g/mol. The van der Waals surface area contributed by atoms with Crippen LogP contribution in [-0.4, -0.2) is 75.8 Å². The molecule has 9 nitrogen and oxygen atoms in total. The quantitative estimate of drug-likeness (QED) is 0.300. The van der Waals surface area contributed by atoms with Gasteiger partial charge in [0.15, 0.2) is 5.60 Å². The number of ether oxygens (including phenoxy) is 3. The van der Waals surface area contributed by atoms with Crippen molar-refractivity contribution in [2.45, 2.75) is 91.7 Å². The molecule has 2 amide bonds. The molecule has 45 heavy (non-hydrogen) atoms. The van der Waals surface area contributed by atoms with E-state index in [4.69, 9.17) is 14.2 Å². The lowest BCUT2D eigenvalue weighted by Crippen LogP contribution is -2.53. The first-order chi connectivity index (χ1) is 21.4. The van der Waals surface area contributed by atoms with Gasteiger partial charge in [-0.05, 0) is 94.7 Å². The van der Waals surface area contributed by atoms with Crippen LogP contribution in [0.15, 0.2) is 18.2 Å². The van der Waals surface area contributed by atoms with E-state index < -0.39 is 5.60 Å². The van der Waals surface area contributed by atoms with Crippen LogP contribution in [0.4, 0.5) is 11.4 Å². The largest absolute Gasteiger partial charge is 0.476 e. The zero-order chi connectivity index (χ0) is 32.5. The van der Waals surface area contributed by atoms with Gasteiger partial charge < -0.3 is 29.3 Å². The smallest absolute Gasteiger partial charge is 0.270 e. The van der Waals surface area contributed by atoms with Gasteiger partial charge in [0.1, 0.15) is 11.5 Å². The van der Waals surface area contributed by atoms with Gasteiger partial charge in [0.25, 0.3) is 5.91 Å². The van der Waals surface area contributed by atoms with Crippen molar-refractivity contribution in [3.8, 4) is 5.75 Å². The minimum atomic E-state index is -0.974.